The van der Waals surface area contributed by atoms with Crippen LogP contribution in [0.1, 0.15) is 33.6 Å². The molecule has 0 aromatic rings. The van der Waals surface area contributed by atoms with Crippen LogP contribution in [-0.4, -0.2) is 36.1 Å². The van der Waals surface area contributed by atoms with Crippen LogP contribution in [0, 0.1) is 5.92 Å². The molecular formula is C11H21F3N2O. The zero-order chi connectivity index (χ0) is 13.6. The number of halogens is 3. The highest BCUT2D eigenvalue weighted by molar-refractivity contribution is 5.81. The summed E-state index contributed by atoms with van der Waals surface area (Å²) in [5, 5.41) is 0. The minimum Gasteiger partial charge on any atom is -0.332 e. The van der Waals surface area contributed by atoms with E-state index in [4.69, 9.17) is 5.73 Å². The number of alkyl halides is 3. The van der Waals surface area contributed by atoms with Crippen molar-refractivity contribution in [2.75, 3.05) is 13.1 Å². The molecule has 1 unspecified atom stereocenters. The van der Waals surface area contributed by atoms with E-state index in [-0.39, 0.29) is 12.5 Å². The van der Waals surface area contributed by atoms with Crippen molar-refractivity contribution in [3.63, 3.8) is 0 Å². The molecule has 6 heteroatoms. The minimum absolute atomic E-state index is 0.0184. The van der Waals surface area contributed by atoms with Crippen molar-refractivity contribution in [1.82, 2.24) is 4.90 Å². The number of carbonyl (C=O) groups excluding carboxylic acids is 1. The molecule has 0 aliphatic carbocycles. The molecule has 0 aliphatic rings. The van der Waals surface area contributed by atoms with Gasteiger partial charge in [0, 0.05) is 6.54 Å². The third-order valence-electron chi connectivity index (χ3n) is 2.18. The first kappa shape index (κ1) is 16.2. The Bertz CT molecular complexity index is 241. The summed E-state index contributed by atoms with van der Waals surface area (Å²) in [6.07, 6.45) is -3.30. The monoisotopic (exact) mass is 254 g/mol. The maximum absolute atomic E-state index is 12.3. The maximum atomic E-state index is 12.3. The summed E-state index contributed by atoms with van der Waals surface area (Å²) in [5.74, 6) is -0.631. The molecule has 3 nitrogen and oxygen atoms in total. The number of rotatable bonds is 6. The molecule has 1 amide bonds. The molecule has 0 aromatic heterocycles. The Morgan fingerprint density at radius 2 is 1.88 bits per heavy atom. The van der Waals surface area contributed by atoms with E-state index in [0.29, 0.717) is 12.8 Å². The fourth-order valence-electron chi connectivity index (χ4n) is 1.56. The summed E-state index contributed by atoms with van der Waals surface area (Å²) < 4.78 is 37.0. The number of hydrogen-bond acceptors (Lipinski definition) is 2. The fraction of sp³-hybridized carbons (Fsp3) is 0.909. The van der Waals surface area contributed by atoms with Gasteiger partial charge >= 0.3 is 6.18 Å². The van der Waals surface area contributed by atoms with Crippen LogP contribution in [0.25, 0.3) is 0 Å². The van der Waals surface area contributed by atoms with Crippen molar-refractivity contribution >= 4 is 5.91 Å². The lowest BCUT2D eigenvalue weighted by atomic mass is 10.1. The van der Waals surface area contributed by atoms with Gasteiger partial charge in [-0.15, -0.1) is 0 Å². The van der Waals surface area contributed by atoms with Crippen LogP contribution in [0.5, 0.6) is 0 Å². The van der Waals surface area contributed by atoms with Crippen LogP contribution < -0.4 is 5.73 Å². The molecule has 0 saturated heterocycles. The van der Waals surface area contributed by atoms with E-state index in [1.165, 1.54) is 0 Å². The number of nitrogens with zero attached hydrogens (tertiary/aromatic N) is 1. The molecule has 0 radical (unpaired) electrons. The molecule has 0 saturated carbocycles. The molecule has 2 N–H and O–H groups in total. The molecule has 1 atom stereocenters. The number of hydrogen-bond donors (Lipinski definition) is 1. The predicted octanol–water partition coefficient (Wildman–Crippen LogP) is 2.16. The van der Waals surface area contributed by atoms with Crippen LogP contribution in [0.2, 0.25) is 0 Å². The van der Waals surface area contributed by atoms with E-state index in [9.17, 15) is 18.0 Å². The molecule has 102 valence electrons. The predicted molar refractivity (Wildman–Crippen MR) is 60.4 cm³/mol. The van der Waals surface area contributed by atoms with Gasteiger partial charge in [-0.05, 0) is 12.3 Å². The zero-order valence-electron chi connectivity index (χ0n) is 10.5. The Morgan fingerprint density at radius 3 is 2.24 bits per heavy atom. The topological polar surface area (TPSA) is 46.3 Å². The van der Waals surface area contributed by atoms with Crippen molar-refractivity contribution in [3.05, 3.63) is 0 Å². The summed E-state index contributed by atoms with van der Waals surface area (Å²) in [6.45, 7) is 4.23. The number of amides is 1. The van der Waals surface area contributed by atoms with Crippen LogP contribution in [0.15, 0.2) is 0 Å². The second kappa shape index (κ2) is 6.83. The van der Waals surface area contributed by atoms with Crippen molar-refractivity contribution in [2.45, 2.75) is 45.8 Å². The van der Waals surface area contributed by atoms with Gasteiger partial charge in [-0.2, -0.15) is 13.2 Å². The lowest BCUT2D eigenvalue weighted by Gasteiger charge is -2.28. The van der Waals surface area contributed by atoms with Gasteiger partial charge in [-0.1, -0.05) is 27.2 Å². The summed E-state index contributed by atoms with van der Waals surface area (Å²) in [7, 11) is 0. The van der Waals surface area contributed by atoms with Crippen molar-refractivity contribution in [3.8, 4) is 0 Å². The quantitative estimate of drug-likeness (QED) is 0.789. The summed E-state index contributed by atoms with van der Waals surface area (Å²) >= 11 is 0. The van der Waals surface area contributed by atoms with Crippen molar-refractivity contribution < 1.29 is 18.0 Å². The third kappa shape index (κ3) is 7.20. The van der Waals surface area contributed by atoms with Gasteiger partial charge < -0.3 is 10.6 Å². The molecule has 0 aromatic carbocycles. The first-order valence-electron chi connectivity index (χ1n) is 5.78. The Morgan fingerprint density at radius 1 is 1.35 bits per heavy atom. The molecule has 0 spiro atoms. The van der Waals surface area contributed by atoms with Gasteiger partial charge in [0.15, 0.2) is 0 Å². The Hall–Kier alpha value is -0.780. The first-order valence-corrected chi connectivity index (χ1v) is 5.78. The number of nitrogens with two attached hydrogens (primary N) is 1. The molecular weight excluding hydrogens is 233 g/mol. The van der Waals surface area contributed by atoms with Crippen molar-refractivity contribution in [1.29, 1.82) is 0 Å². The van der Waals surface area contributed by atoms with Crippen LogP contribution in [0.4, 0.5) is 13.2 Å². The SMILES string of the molecule is CCCC(N)C(=O)N(CC(C)C)CC(F)(F)F. The normalized spacial score (nSPS) is 13.9. The highest BCUT2D eigenvalue weighted by Crippen LogP contribution is 2.18. The van der Waals surface area contributed by atoms with E-state index in [1.807, 2.05) is 6.92 Å². The van der Waals surface area contributed by atoms with E-state index >= 15 is 0 Å². The van der Waals surface area contributed by atoms with Gasteiger partial charge in [-0.3, -0.25) is 4.79 Å². The third-order valence-corrected chi connectivity index (χ3v) is 2.18. The van der Waals surface area contributed by atoms with E-state index in [0.717, 1.165) is 4.90 Å². The molecule has 0 fully saturated rings. The highest BCUT2D eigenvalue weighted by Gasteiger charge is 2.34. The summed E-state index contributed by atoms with van der Waals surface area (Å²) in [5.41, 5.74) is 5.56. The smallest absolute Gasteiger partial charge is 0.332 e. The molecule has 0 heterocycles. The molecule has 17 heavy (non-hydrogen) atoms. The Kier molecular flexibility index (Phi) is 6.52. The van der Waals surface area contributed by atoms with E-state index < -0.39 is 24.7 Å². The second-order valence-corrected chi connectivity index (χ2v) is 4.62. The first-order chi connectivity index (χ1) is 7.67. The van der Waals surface area contributed by atoms with Crippen LogP contribution >= 0.6 is 0 Å². The van der Waals surface area contributed by atoms with Gasteiger partial charge in [0.1, 0.15) is 6.54 Å². The second-order valence-electron chi connectivity index (χ2n) is 4.62. The van der Waals surface area contributed by atoms with Crippen LogP contribution in [0.3, 0.4) is 0 Å². The lowest BCUT2D eigenvalue weighted by molar-refractivity contribution is -0.163. The minimum atomic E-state index is -4.38. The standard InChI is InChI=1S/C11H21F3N2O/c1-4-5-9(15)10(17)16(6-8(2)3)7-11(12,13)14/h8-9H,4-7,15H2,1-3H3. The fourth-order valence-corrected chi connectivity index (χ4v) is 1.56. The van der Waals surface area contributed by atoms with Gasteiger partial charge in [-0.25, -0.2) is 0 Å². The largest absolute Gasteiger partial charge is 0.406 e. The Balaban J connectivity index is 4.61. The molecule has 0 bridgehead atoms. The van der Waals surface area contributed by atoms with Gasteiger partial charge in [0.2, 0.25) is 5.91 Å². The maximum Gasteiger partial charge on any atom is 0.406 e. The highest BCUT2D eigenvalue weighted by atomic mass is 19.4. The lowest BCUT2D eigenvalue weighted by Crippen LogP contribution is -2.48. The number of carbonyl (C=O) groups is 1. The zero-order valence-corrected chi connectivity index (χ0v) is 10.5. The van der Waals surface area contributed by atoms with E-state index in [2.05, 4.69) is 0 Å². The van der Waals surface area contributed by atoms with Gasteiger partial charge in [0.05, 0.1) is 6.04 Å². The molecule has 0 rings (SSSR count). The Labute approximate surface area is 100 Å². The average Bonchev–Trinajstić information content (AvgIpc) is 2.13. The summed E-state index contributed by atoms with van der Waals surface area (Å²) in [6, 6.07) is -0.832. The van der Waals surface area contributed by atoms with Crippen molar-refractivity contribution in [2.24, 2.45) is 11.7 Å². The van der Waals surface area contributed by atoms with Gasteiger partial charge in [0.25, 0.3) is 0 Å². The van der Waals surface area contributed by atoms with E-state index in [1.54, 1.807) is 13.8 Å². The molecule has 0 aliphatic heterocycles. The van der Waals surface area contributed by atoms with Crippen LogP contribution in [-0.2, 0) is 4.79 Å². The summed E-state index contributed by atoms with van der Waals surface area (Å²) in [4.78, 5) is 12.6. The average molecular weight is 254 g/mol.